The number of benzene rings is 1. The van der Waals surface area contributed by atoms with Crippen LogP contribution in [0.2, 0.25) is 5.02 Å². The number of halogens is 1. The van der Waals surface area contributed by atoms with Gasteiger partial charge in [-0.05, 0) is 19.2 Å². The van der Waals surface area contributed by atoms with E-state index in [9.17, 15) is 4.79 Å². The molecule has 4 nitrogen and oxygen atoms in total. The molecule has 0 aliphatic heterocycles. The number of hydrogen-bond acceptors (Lipinski definition) is 3. The number of nitrogens with zero attached hydrogens (tertiary/aromatic N) is 1. The molecule has 0 saturated carbocycles. The van der Waals surface area contributed by atoms with E-state index in [1.807, 2.05) is 24.1 Å². The first-order chi connectivity index (χ1) is 8.49. The highest BCUT2D eigenvalue weighted by Gasteiger charge is 2.08. The van der Waals surface area contributed by atoms with E-state index in [4.69, 9.17) is 29.6 Å². The van der Waals surface area contributed by atoms with Crippen LogP contribution in [0.4, 0.5) is 5.69 Å². The molecular formula is C12H16ClN3OS. The second-order valence-corrected chi connectivity index (χ2v) is 4.91. The Hall–Kier alpha value is -1.17. The highest BCUT2D eigenvalue weighted by molar-refractivity contribution is 7.80. The Morgan fingerprint density at radius 3 is 2.78 bits per heavy atom. The van der Waals surface area contributed by atoms with Crippen molar-refractivity contribution in [3.63, 3.8) is 0 Å². The second kappa shape index (κ2) is 7.31. The molecule has 0 radical (unpaired) electrons. The number of para-hydroxylation sites is 1. The number of amides is 1. The summed E-state index contributed by atoms with van der Waals surface area (Å²) in [6.45, 7) is 0.930. The molecule has 0 atom stereocenters. The second-order valence-electron chi connectivity index (χ2n) is 3.98. The van der Waals surface area contributed by atoms with Crippen LogP contribution < -0.4 is 11.1 Å². The molecule has 0 spiro atoms. The average molecular weight is 286 g/mol. The van der Waals surface area contributed by atoms with E-state index < -0.39 is 0 Å². The van der Waals surface area contributed by atoms with Crippen LogP contribution in [-0.2, 0) is 4.79 Å². The first-order valence-electron chi connectivity index (χ1n) is 5.50. The number of nitrogens with one attached hydrogen (secondary N) is 1. The molecule has 0 aromatic heterocycles. The molecule has 0 aliphatic rings. The molecule has 18 heavy (non-hydrogen) atoms. The fraction of sp³-hybridized carbons (Fsp3) is 0.333. The van der Waals surface area contributed by atoms with Crippen molar-refractivity contribution in [1.82, 2.24) is 4.90 Å². The number of carbonyl (C=O) groups excluding carboxylic acids is 1. The van der Waals surface area contributed by atoms with Crippen molar-refractivity contribution in [1.29, 1.82) is 0 Å². The largest absolute Gasteiger partial charge is 0.393 e. The molecule has 1 amide bonds. The fourth-order valence-corrected chi connectivity index (χ4v) is 1.65. The van der Waals surface area contributed by atoms with Gasteiger partial charge in [0.2, 0.25) is 5.91 Å². The standard InChI is InChI=1S/C12H16ClN3OS/c1-16(7-6-11(14)18)8-12(17)15-10-5-3-2-4-9(10)13/h2-5H,6-8H2,1H3,(H2,14,18)(H,15,17). The number of nitrogens with two attached hydrogens (primary N) is 1. The highest BCUT2D eigenvalue weighted by atomic mass is 35.5. The van der Waals surface area contributed by atoms with E-state index in [0.29, 0.717) is 28.7 Å². The summed E-state index contributed by atoms with van der Waals surface area (Å²) in [5, 5.41) is 3.28. The molecule has 1 aromatic carbocycles. The quantitative estimate of drug-likeness (QED) is 0.784. The first-order valence-corrected chi connectivity index (χ1v) is 6.29. The Morgan fingerprint density at radius 2 is 2.17 bits per heavy atom. The van der Waals surface area contributed by atoms with Gasteiger partial charge in [0, 0.05) is 13.0 Å². The maximum absolute atomic E-state index is 11.7. The fourth-order valence-electron chi connectivity index (χ4n) is 1.38. The van der Waals surface area contributed by atoms with Gasteiger partial charge in [0.1, 0.15) is 0 Å². The molecule has 0 fully saturated rings. The van der Waals surface area contributed by atoms with Gasteiger partial charge in [0.25, 0.3) is 0 Å². The number of rotatable bonds is 6. The Bertz CT molecular complexity index is 439. The first kappa shape index (κ1) is 14.9. The summed E-state index contributed by atoms with van der Waals surface area (Å²) < 4.78 is 0. The summed E-state index contributed by atoms with van der Waals surface area (Å²) in [5.74, 6) is -0.117. The van der Waals surface area contributed by atoms with Crippen LogP contribution in [0.5, 0.6) is 0 Å². The number of likely N-dealkylation sites (N-methyl/N-ethyl adjacent to an activating group) is 1. The van der Waals surface area contributed by atoms with Gasteiger partial charge >= 0.3 is 0 Å². The maximum atomic E-state index is 11.7. The summed E-state index contributed by atoms with van der Waals surface area (Å²) in [5.41, 5.74) is 6.02. The van der Waals surface area contributed by atoms with Crippen molar-refractivity contribution in [3.8, 4) is 0 Å². The average Bonchev–Trinajstić information content (AvgIpc) is 2.29. The predicted molar refractivity (Wildman–Crippen MR) is 79.0 cm³/mol. The summed E-state index contributed by atoms with van der Waals surface area (Å²) >= 11 is 10.7. The molecule has 1 rings (SSSR count). The van der Waals surface area contributed by atoms with Crippen molar-refractivity contribution in [2.75, 3.05) is 25.5 Å². The summed E-state index contributed by atoms with van der Waals surface area (Å²) in [7, 11) is 1.84. The van der Waals surface area contributed by atoms with Gasteiger partial charge in [-0.3, -0.25) is 9.69 Å². The van der Waals surface area contributed by atoms with Crippen molar-refractivity contribution in [3.05, 3.63) is 29.3 Å². The van der Waals surface area contributed by atoms with Gasteiger partial charge in [0.15, 0.2) is 0 Å². The zero-order chi connectivity index (χ0) is 13.5. The number of thiocarbonyl (C=S) groups is 1. The van der Waals surface area contributed by atoms with Gasteiger partial charge in [-0.1, -0.05) is 36.0 Å². The normalized spacial score (nSPS) is 10.4. The molecule has 0 aliphatic carbocycles. The van der Waals surface area contributed by atoms with Gasteiger partial charge in [-0.2, -0.15) is 0 Å². The number of hydrogen-bond donors (Lipinski definition) is 2. The summed E-state index contributed by atoms with van der Waals surface area (Å²) in [4.78, 5) is 14.0. The molecule has 98 valence electrons. The van der Waals surface area contributed by atoms with Gasteiger partial charge in [-0.15, -0.1) is 0 Å². The summed E-state index contributed by atoms with van der Waals surface area (Å²) in [6.07, 6.45) is 0.602. The minimum Gasteiger partial charge on any atom is -0.393 e. The van der Waals surface area contributed by atoms with Crippen LogP contribution in [0.25, 0.3) is 0 Å². The van der Waals surface area contributed by atoms with Crippen molar-refractivity contribution in [2.45, 2.75) is 6.42 Å². The third-order valence-electron chi connectivity index (χ3n) is 2.30. The molecule has 0 saturated heterocycles. The summed E-state index contributed by atoms with van der Waals surface area (Å²) in [6, 6.07) is 7.12. The van der Waals surface area contributed by atoms with E-state index in [1.54, 1.807) is 12.1 Å². The zero-order valence-electron chi connectivity index (χ0n) is 10.1. The van der Waals surface area contributed by atoms with E-state index in [-0.39, 0.29) is 12.5 Å². The topological polar surface area (TPSA) is 58.4 Å². The van der Waals surface area contributed by atoms with E-state index in [0.717, 1.165) is 0 Å². The van der Waals surface area contributed by atoms with Crippen LogP contribution in [0.15, 0.2) is 24.3 Å². The molecule has 0 bridgehead atoms. The van der Waals surface area contributed by atoms with Crippen molar-refractivity contribution < 1.29 is 4.79 Å². The smallest absolute Gasteiger partial charge is 0.238 e. The van der Waals surface area contributed by atoms with Crippen LogP contribution >= 0.6 is 23.8 Å². The van der Waals surface area contributed by atoms with Gasteiger partial charge < -0.3 is 11.1 Å². The Kier molecular flexibility index (Phi) is 6.04. The third kappa shape index (κ3) is 5.44. The zero-order valence-corrected chi connectivity index (χ0v) is 11.7. The van der Waals surface area contributed by atoms with Crippen LogP contribution in [-0.4, -0.2) is 35.9 Å². The minimum atomic E-state index is -0.117. The Morgan fingerprint density at radius 1 is 1.50 bits per heavy atom. The number of anilines is 1. The molecule has 3 N–H and O–H groups in total. The third-order valence-corrected chi connectivity index (χ3v) is 2.84. The maximum Gasteiger partial charge on any atom is 0.238 e. The molecule has 0 unspecified atom stereocenters. The Balaban J connectivity index is 2.42. The van der Waals surface area contributed by atoms with Gasteiger partial charge in [0.05, 0.1) is 22.2 Å². The van der Waals surface area contributed by atoms with Crippen molar-refractivity contribution >= 4 is 40.4 Å². The van der Waals surface area contributed by atoms with Gasteiger partial charge in [-0.25, -0.2) is 0 Å². The highest BCUT2D eigenvalue weighted by Crippen LogP contribution is 2.20. The van der Waals surface area contributed by atoms with E-state index >= 15 is 0 Å². The lowest BCUT2D eigenvalue weighted by atomic mass is 10.3. The Labute approximate surface area is 117 Å². The molecule has 0 heterocycles. The lowest BCUT2D eigenvalue weighted by Crippen LogP contribution is -2.32. The van der Waals surface area contributed by atoms with Crippen LogP contribution in [0.1, 0.15) is 6.42 Å². The van der Waals surface area contributed by atoms with Crippen molar-refractivity contribution in [2.24, 2.45) is 5.73 Å². The van der Waals surface area contributed by atoms with Crippen LogP contribution in [0.3, 0.4) is 0 Å². The predicted octanol–water partition coefficient (Wildman–Crippen LogP) is 1.89. The van der Waals surface area contributed by atoms with Crippen LogP contribution in [0, 0.1) is 0 Å². The lowest BCUT2D eigenvalue weighted by Gasteiger charge is -2.16. The number of carbonyl (C=O) groups is 1. The molecule has 6 heteroatoms. The minimum absolute atomic E-state index is 0.117. The lowest BCUT2D eigenvalue weighted by molar-refractivity contribution is -0.117. The van der Waals surface area contributed by atoms with E-state index in [1.165, 1.54) is 0 Å². The molecule has 1 aromatic rings. The van der Waals surface area contributed by atoms with E-state index in [2.05, 4.69) is 5.32 Å². The monoisotopic (exact) mass is 285 g/mol. The molecular weight excluding hydrogens is 270 g/mol. The SMILES string of the molecule is CN(CCC(N)=S)CC(=O)Nc1ccccc1Cl.